The zero-order chi connectivity index (χ0) is 11.5. The summed E-state index contributed by atoms with van der Waals surface area (Å²) in [4.78, 5) is 10.6. The number of hydrogen-bond acceptors (Lipinski definition) is 2. The number of benzene rings is 2. The fourth-order valence-electron chi connectivity index (χ4n) is 1.66. The molecule has 0 aliphatic carbocycles. The van der Waals surface area contributed by atoms with Gasteiger partial charge in [-0.3, -0.25) is 10.1 Å². The fraction of sp³-hybridized carbons (Fsp3) is 0. The lowest BCUT2D eigenvalue weighted by atomic mass is 10.0. The van der Waals surface area contributed by atoms with Crippen molar-refractivity contribution in [1.82, 2.24) is 0 Å². The maximum atomic E-state index is 11.0. The van der Waals surface area contributed by atoms with Gasteiger partial charge in [0.2, 0.25) is 0 Å². The van der Waals surface area contributed by atoms with Crippen LogP contribution >= 0.6 is 0 Å². The molecule has 79 valence electrons. The Labute approximate surface area is 93.5 Å². The molecule has 3 heteroatoms. The van der Waals surface area contributed by atoms with Crippen LogP contribution in [0.5, 0.6) is 0 Å². The van der Waals surface area contributed by atoms with Crippen LogP contribution in [0.3, 0.4) is 0 Å². The molecule has 0 spiro atoms. The van der Waals surface area contributed by atoms with Crippen molar-refractivity contribution in [3.8, 4) is 11.1 Å². The largest absolute Gasteiger partial charge is 0.280 e. The molecule has 0 aliphatic rings. The van der Waals surface area contributed by atoms with Gasteiger partial charge in [-0.2, -0.15) is 0 Å². The first-order chi connectivity index (χ1) is 7.70. The van der Waals surface area contributed by atoms with Crippen LogP contribution in [0.1, 0.15) is 5.56 Å². The third kappa shape index (κ3) is 1.80. The highest BCUT2D eigenvalue weighted by Gasteiger charge is 2.17. The van der Waals surface area contributed by atoms with Gasteiger partial charge in [-0.05, 0) is 18.6 Å². The van der Waals surface area contributed by atoms with Crippen LogP contribution in [0.2, 0.25) is 0 Å². The first-order valence-electron chi connectivity index (χ1n) is 4.85. The number of nitro benzene ring substituents is 1. The van der Waals surface area contributed by atoms with E-state index in [-0.39, 0.29) is 10.6 Å². The minimum atomic E-state index is -0.384. The molecule has 2 rings (SSSR count). The minimum absolute atomic E-state index is 0.0775. The first kappa shape index (κ1) is 10.4. The highest BCUT2D eigenvalue weighted by Crippen LogP contribution is 2.31. The third-order valence-electron chi connectivity index (χ3n) is 2.39. The molecule has 0 saturated heterocycles. The minimum Gasteiger partial charge on any atom is -0.258 e. The summed E-state index contributed by atoms with van der Waals surface area (Å²) in [7, 11) is 0. The van der Waals surface area contributed by atoms with E-state index >= 15 is 0 Å². The van der Waals surface area contributed by atoms with Crippen LogP contribution in [-0.4, -0.2) is 4.92 Å². The molecule has 0 saturated carbocycles. The van der Waals surface area contributed by atoms with Crippen molar-refractivity contribution in [3.05, 3.63) is 71.1 Å². The van der Waals surface area contributed by atoms with E-state index in [0.29, 0.717) is 11.1 Å². The molecule has 0 unspecified atom stereocenters. The highest BCUT2D eigenvalue weighted by atomic mass is 16.6. The van der Waals surface area contributed by atoms with Gasteiger partial charge in [0, 0.05) is 5.56 Å². The van der Waals surface area contributed by atoms with E-state index in [9.17, 15) is 10.1 Å². The molecule has 16 heavy (non-hydrogen) atoms. The molecule has 2 aromatic carbocycles. The van der Waals surface area contributed by atoms with E-state index in [1.54, 1.807) is 18.2 Å². The molecule has 1 radical (unpaired) electrons. The predicted molar refractivity (Wildman–Crippen MR) is 63.0 cm³/mol. The SMILES string of the molecule is [CH2]c1cccc(-c2ccccc2)c1[N+](=O)[O-]. The van der Waals surface area contributed by atoms with Gasteiger partial charge in [-0.15, -0.1) is 0 Å². The molecule has 0 aromatic heterocycles. The molecule has 0 aliphatic heterocycles. The Bertz CT molecular complexity index is 521. The van der Waals surface area contributed by atoms with E-state index in [0.717, 1.165) is 5.56 Å². The van der Waals surface area contributed by atoms with Gasteiger partial charge in [0.05, 0.1) is 10.5 Å². The van der Waals surface area contributed by atoms with Gasteiger partial charge in [0.25, 0.3) is 5.69 Å². The summed E-state index contributed by atoms with van der Waals surface area (Å²) in [6, 6.07) is 14.4. The predicted octanol–water partition coefficient (Wildman–Crippen LogP) is 3.44. The number of para-hydroxylation sites is 1. The molecule has 0 heterocycles. The van der Waals surface area contributed by atoms with Crippen molar-refractivity contribution in [1.29, 1.82) is 0 Å². The third-order valence-corrected chi connectivity index (χ3v) is 2.39. The van der Waals surface area contributed by atoms with Crippen LogP contribution < -0.4 is 0 Å². The number of rotatable bonds is 2. The van der Waals surface area contributed by atoms with Crippen molar-refractivity contribution in [2.45, 2.75) is 0 Å². The average molecular weight is 212 g/mol. The van der Waals surface area contributed by atoms with Crippen molar-refractivity contribution in [2.24, 2.45) is 0 Å². The summed E-state index contributed by atoms with van der Waals surface area (Å²) in [5.41, 5.74) is 1.96. The van der Waals surface area contributed by atoms with Crippen molar-refractivity contribution >= 4 is 5.69 Å². The molecular weight excluding hydrogens is 202 g/mol. The fourth-order valence-corrected chi connectivity index (χ4v) is 1.66. The lowest BCUT2D eigenvalue weighted by Gasteiger charge is -2.04. The average Bonchev–Trinajstić information content (AvgIpc) is 2.29. The van der Waals surface area contributed by atoms with E-state index in [1.165, 1.54) is 0 Å². The number of hydrogen-bond donors (Lipinski definition) is 0. The quantitative estimate of drug-likeness (QED) is 0.565. The van der Waals surface area contributed by atoms with Crippen molar-refractivity contribution < 1.29 is 4.92 Å². The van der Waals surface area contributed by atoms with Gasteiger partial charge in [-0.1, -0.05) is 42.5 Å². The Hall–Kier alpha value is -2.16. The maximum absolute atomic E-state index is 11.0. The Morgan fingerprint density at radius 3 is 2.31 bits per heavy atom. The second-order valence-electron chi connectivity index (χ2n) is 3.44. The van der Waals surface area contributed by atoms with E-state index < -0.39 is 0 Å². The van der Waals surface area contributed by atoms with E-state index in [4.69, 9.17) is 0 Å². The van der Waals surface area contributed by atoms with Crippen LogP contribution in [0, 0.1) is 17.0 Å². The van der Waals surface area contributed by atoms with Crippen LogP contribution in [0.4, 0.5) is 5.69 Å². The normalized spacial score (nSPS) is 10.1. The van der Waals surface area contributed by atoms with Crippen LogP contribution in [0.15, 0.2) is 48.5 Å². The van der Waals surface area contributed by atoms with Crippen LogP contribution in [0.25, 0.3) is 11.1 Å². The second kappa shape index (κ2) is 4.14. The summed E-state index contributed by atoms with van der Waals surface area (Å²) in [5, 5.41) is 11.0. The summed E-state index contributed by atoms with van der Waals surface area (Å²) in [6.07, 6.45) is 0. The molecule has 0 atom stereocenters. The van der Waals surface area contributed by atoms with Crippen molar-refractivity contribution in [3.63, 3.8) is 0 Å². The first-order valence-corrected chi connectivity index (χ1v) is 4.85. The molecule has 2 aromatic rings. The summed E-state index contributed by atoms with van der Waals surface area (Å²) >= 11 is 0. The summed E-state index contributed by atoms with van der Waals surface area (Å²) < 4.78 is 0. The van der Waals surface area contributed by atoms with Crippen LogP contribution in [-0.2, 0) is 0 Å². The summed E-state index contributed by atoms with van der Waals surface area (Å²) in [5.74, 6) is 0. The monoisotopic (exact) mass is 212 g/mol. The Kier molecular flexibility index (Phi) is 2.68. The zero-order valence-electron chi connectivity index (χ0n) is 8.59. The van der Waals surface area contributed by atoms with Gasteiger partial charge in [0.15, 0.2) is 0 Å². The Morgan fingerprint density at radius 1 is 1.00 bits per heavy atom. The standard InChI is InChI=1S/C13H10NO2/c1-10-6-5-9-12(13(10)14(15)16)11-7-3-2-4-8-11/h2-9H,1H2. The number of nitro groups is 1. The lowest BCUT2D eigenvalue weighted by molar-refractivity contribution is -0.384. The van der Waals surface area contributed by atoms with Gasteiger partial charge < -0.3 is 0 Å². The Morgan fingerprint density at radius 2 is 1.69 bits per heavy atom. The smallest absolute Gasteiger partial charge is 0.258 e. The van der Waals surface area contributed by atoms with E-state index in [2.05, 4.69) is 6.92 Å². The topological polar surface area (TPSA) is 43.1 Å². The molecule has 3 nitrogen and oxygen atoms in total. The summed E-state index contributed by atoms with van der Waals surface area (Å²) in [6.45, 7) is 3.69. The van der Waals surface area contributed by atoms with E-state index in [1.807, 2.05) is 30.3 Å². The molecule has 0 N–H and O–H groups in total. The van der Waals surface area contributed by atoms with Gasteiger partial charge >= 0.3 is 0 Å². The lowest BCUT2D eigenvalue weighted by Crippen LogP contribution is -1.94. The van der Waals surface area contributed by atoms with Crippen molar-refractivity contribution in [2.75, 3.05) is 0 Å². The Balaban J connectivity index is 2.66. The highest BCUT2D eigenvalue weighted by molar-refractivity contribution is 5.75. The maximum Gasteiger partial charge on any atom is 0.280 e. The molecule has 0 amide bonds. The zero-order valence-corrected chi connectivity index (χ0v) is 8.59. The molecular formula is C13H10NO2. The molecule has 0 fully saturated rings. The van der Waals surface area contributed by atoms with Gasteiger partial charge in [-0.25, -0.2) is 0 Å². The second-order valence-corrected chi connectivity index (χ2v) is 3.44. The molecule has 0 bridgehead atoms. The van der Waals surface area contributed by atoms with Gasteiger partial charge in [0.1, 0.15) is 0 Å². The number of nitrogens with zero attached hydrogens (tertiary/aromatic N) is 1.